The zero-order valence-corrected chi connectivity index (χ0v) is 13.0. The van der Waals surface area contributed by atoms with Crippen molar-refractivity contribution in [3.8, 4) is 0 Å². The van der Waals surface area contributed by atoms with E-state index in [-0.39, 0.29) is 5.82 Å². The average molecular weight is 364 g/mol. The van der Waals surface area contributed by atoms with Gasteiger partial charge in [0.05, 0.1) is 27.1 Å². The molecule has 0 aliphatic heterocycles. The first-order valence-corrected chi connectivity index (χ1v) is 6.91. The van der Waals surface area contributed by atoms with Gasteiger partial charge in [-0.1, -0.05) is 23.2 Å². The average Bonchev–Trinajstić information content (AvgIpc) is 2.36. The molecule has 2 aromatic carbocycles. The molecule has 0 spiro atoms. The maximum absolute atomic E-state index is 13.3. The quantitative estimate of drug-likeness (QED) is 0.543. The van der Waals surface area contributed by atoms with Gasteiger partial charge in [-0.15, -0.1) is 0 Å². The van der Waals surface area contributed by atoms with Crippen molar-refractivity contribution < 1.29 is 4.39 Å². The molecule has 0 saturated carbocycles. The second-order valence-corrected chi connectivity index (χ2v) is 5.65. The van der Waals surface area contributed by atoms with Crippen LogP contribution < -0.4 is 11.1 Å². The fourth-order valence-corrected chi connectivity index (χ4v) is 2.39. The first kappa shape index (κ1) is 14.4. The summed E-state index contributed by atoms with van der Waals surface area (Å²) in [7, 11) is 0. The number of nitrogen functional groups attached to an aromatic ring is 1. The maximum atomic E-state index is 13.3. The highest BCUT2D eigenvalue weighted by Gasteiger charge is 2.11. The molecule has 0 radical (unpaired) electrons. The molecular formula is C13H10BrCl2FN2. The second-order valence-electron chi connectivity index (χ2n) is 4.04. The Hall–Kier alpha value is -0.970. The third-order valence-electron chi connectivity index (χ3n) is 2.64. The molecule has 0 saturated heterocycles. The molecule has 0 unspecified atom stereocenters. The number of rotatable bonds is 2. The Kier molecular flexibility index (Phi) is 4.23. The standard InChI is InChI=1S/C13H10BrCl2FN2/c1-6-4-11(9(18)5-8(6)17)19-10-3-2-7(14)12(15)13(10)16/h2-5,19H,18H2,1H3. The fraction of sp³-hybridized carbons (Fsp3) is 0.0769. The predicted molar refractivity (Wildman–Crippen MR) is 83.0 cm³/mol. The molecule has 2 nitrogen and oxygen atoms in total. The molecule has 0 heterocycles. The van der Waals surface area contributed by atoms with E-state index in [1.807, 2.05) is 0 Å². The molecular weight excluding hydrogens is 354 g/mol. The van der Waals surface area contributed by atoms with Gasteiger partial charge in [0, 0.05) is 4.47 Å². The molecule has 0 aliphatic carbocycles. The molecule has 3 N–H and O–H groups in total. The lowest BCUT2D eigenvalue weighted by Crippen LogP contribution is -1.99. The van der Waals surface area contributed by atoms with Crippen LogP contribution in [-0.4, -0.2) is 0 Å². The molecule has 0 atom stereocenters. The highest BCUT2D eigenvalue weighted by atomic mass is 79.9. The topological polar surface area (TPSA) is 38.0 Å². The minimum Gasteiger partial charge on any atom is -0.397 e. The van der Waals surface area contributed by atoms with Gasteiger partial charge in [-0.25, -0.2) is 4.39 Å². The van der Waals surface area contributed by atoms with Crippen LogP contribution in [0.25, 0.3) is 0 Å². The highest BCUT2D eigenvalue weighted by molar-refractivity contribution is 9.10. The van der Waals surface area contributed by atoms with Gasteiger partial charge < -0.3 is 11.1 Å². The van der Waals surface area contributed by atoms with Gasteiger partial charge in [0.2, 0.25) is 0 Å². The number of nitrogens with one attached hydrogen (secondary N) is 1. The van der Waals surface area contributed by atoms with Crippen LogP contribution in [0.2, 0.25) is 10.0 Å². The van der Waals surface area contributed by atoms with E-state index in [0.717, 1.165) is 0 Å². The van der Waals surface area contributed by atoms with Crippen molar-refractivity contribution in [3.63, 3.8) is 0 Å². The first-order chi connectivity index (χ1) is 8.90. The Morgan fingerprint density at radius 1 is 1.16 bits per heavy atom. The van der Waals surface area contributed by atoms with E-state index >= 15 is 0 Å². The minimum atomic E-state index is -0.344. The van der Waals surface area contributed by atoms with Crippen molar-refractivity contribution in [2.75, 3.05) is 11.1 Å². The summed E-state index contributed by atoms with van der Waals surface area (Å²) in [5, 5.41) is 3.83. The summed E-state index contributed by atoms with van der Waals surface area (Å²) in [5.41, 5.74) is 7.76. The van der Waals surface area contributed by atoms with Crippen LogP contribution in [-0.2, 0) is 0 Å². The van der Waals surface area contributed by atoms with E-state index in [9.17, 15) is 4.39 Å². The maximum Gasteiger partial charge on any atom is 0.128 e. The van der Waals surface area contributed by atoms with Crippen LogP contribution in [0.5, 0.6) is 0 Å². The number of aryl methyl sites for hydroxylation is 1. The lowest BCUT2D eigenvalue weighted by molar-refractivity contribution is 0.619. The Bertz CT molecular complexity index is 647. The molecule has 6 heteroatoms. The molecule has 0 bridgehead atoms. The normalized spacial score (nSPS) is 10.6. The SMILES string of the molecule is Cc1cc(Nc2ccc(Br)c(Cl)c2Cl)c(N)cc1F. The lowest BCUT2D eigenvalue weighted by Gasteiger charge is -2.13. The smallest absolute Gasteiger partial charge is 0.128 e. The summed E-state index contributed by atoms with van der Waals surface area (Å²) in [4.78, 5) is 0. The number of benzene rings is 2. The number of nitrogens with two attached hydrogens (primary N) is 1. The summed E-state index contributed by atoms with van der Waals surface area (Å²) >= 11 is 15.5. The van der Waals surface area contributed by atoms with Gasteiger partial charge in [-0.3, -0.25) is 0 Å². The highest BCUT2D eigenvalue weighted by Crippen LogP contribution is 2.38. The first-order valence-electron chi connectivity index (χ1n) is 5.36. The summed E-state index contributed by atoms with van der Waals surface area (Å²) < 4.78 is 14.0. The molecule has 0 aliphatic rings. The van der Waals surface area contributed by atoms with Crippen LogP contribution in [0.3, 0.4) is 0 Å². The van der Waals surface area contributed by atoms with Crippen molar-refractivity contribution in [3.05, 3.63) is 50.2 Å². The Morgan fingerprint density at radius 3 is 2.53 bits per heavy atom. The van der Waals surface area contributed by atoms with E-state index in [4.69, 9.17) is 28.9 Å². The molecule has 0 fully saturated rings. The summed E-state index contributed by atoms with van der Waals surface area (Å²) in [6.07, 6.45) is 0. The summed E-state index contributed by atoms with van der Waals surface area (Å²) in [6, 6.07) is 6.42. The van der Waals surface area contributed by atoms with Crippen LogP contribution in [0.4, 0.5) is 21.5 Å². The number of hydrogen-bond acceptors (Lipinski definition) is 2. The zero-order chi connectivity index (χ0) is 14.2. The largest absolute Gasteiger partial charge is 0.397 e. The van der Waals surface area contributed by atoms with Crippen molar-refractivity contribution in [2.45, 2.75) is 6.92 Å². The molecule has 19 heavy (non-hydrogen) atoms. The van der Waals surface area contributed by atoms with Crippen LogP contribution in [0.1, 0.15) is 5.56 Å². The summed E-state index contributed by atoms with van der Waals surface area (Å²) in [5.74, 6) is -0.344. The molecule has 2 rings (SSSR count). The molecule has 100 valence electrons. The van der Waals surface area contributed by atoms with E-state index in [1.54, 1.807) is 25.1 Å². The van der Waals surface area contributed by atoms with E-state index in [2.05, 4.69) is 21.2 Å². The Morgan fingerprint density at radius 2 is 1.84 bits per heavy atom. The van der Waals surface area contributed by atoms with Gasteiger partial charge in [-0.2, -0.15) is 0 Å². The van der Waals surface area contributed by atoms with Gasteiger partial charge in [0.1, 0.15) is 5.82 Å². The minimum absolute atomic E-state index is 0.304. The Balaban J connectivity index is 2.42. The van der Waals surface area contributed by atoms with Gasteiger partial charge >= 0.3 is 0 Å². The number of hydrogen-bond donors (Lipinski definition) is 2. The van der Waals surface area contributed by atoms with Gasteiger partial charge in [0.15, 0.2) is 0 Å². The third-order valence-corrected chi connectivity index (χ3v) is 4.41. The van der Waals surface area contributed by atoms with Crippen molar-refractivity contribution in [2.24, 2.45) is 0 Å². The van der Waals surface area contributed by atoms with Crippen molar-refractivity contribution in [1.82, 2.24) is 0 Å². The van der Waals surface area contributed by atoms with Crippen LogP contribution >= 0.6 is 39.1 Å². The number of anilines is 3. The van der Waals surface area contributed by atoms with Crippen LogP contribution in [0.15, 0.2) is 28.7 Å². The monoisotopic (exact) mass is 362 g/mol. The molecule has 2 aromatic rings. The lowest BCUT2D eigenvalue weighted by atomic mass is 10.1. The van der Waals surface area contributed by atoms with Crippen molar-refractivity contribution >= 4 is 56.2 Å². The number of halogens is 4. The van der Waals surface area contributed by atoms with Gasteiger partial charge in [0.25, 0.3) is 0 Å². The van der Waals surface area contributed by atoms with E-state index in [1.165, 1.54) is 6.07 Å². The Labute approximate surface area is 128 Å². The third kappa shape index (κ3) is 2.96. The molecule has 0 aromatic heterocycles. The zero-order valence-electron chi connectivity index (χ0n) is 9.90. The molecule has 0 amide bonds. The van der Waals surface area contributed by atoms with Crippen LogP contribution in [0, 0.1) is 12.7 Å². The predicted octanol–water partition coefficient (Wildman–Crippen LogP) is 5.53. The van der Waals surface area contributed by atoms with E-state index in [0.29, 0.717) is 37.1 Å². The van der Waals surface area contributed by atoms with E-state index < -0.39 is 0 Å². The fourth-order valence-electron chi connectivity index (χ4n) is 1.57. The van der Waals surface area contributed by atoms with Crippen molar-refractivity contribution in [1.29, 1.82) is 0 Å². The second kappa shape index (κ2) is 5.57. The van der Waals surface area contributed by atoms with Gasteiger partial charge in [-0.05, 0) is 52.7 Å². The summed E-state index contributed by atoms with van der Waals surface area (Å²) in [6.45, 7) is 1.66.